The minimum Gasteiger partial charge on any atom is -0.380 e. The first-order valence-corrected chi connectivity index (χ1v) is 13.3. The zero-order chi connectivity index (χ0) is 23.2. The van der Waals surface area contributed by atoms with Gasteiger partial charge in [0, 0.05) is 48.9 Å². The summed E-state index contributed by atoms with van der Waals surface area (Å²) in [6, 6.07) is 10.2. The maximum Gasteiger partial charge on any atom is 0.264 e. The Hall–Kier alpha value is -2.33. The van der Waals surface area contributed by atoms with E-state index < -0.39 is 10.0 Å². The van der Waals surface area contributed by atoms with Crippen molar-refractivity contribution in [3.63, 3.8) is 0 Å². The molecule has 1 aromatic heterocycles. The fourth-order valence-corrected chi connectivity index (χ4v) is 7.42. The molecule has 1 saturated heterocycles. The summed E-state index contributed by atoms with van der Waals surface area (Å²) in [5.41, 5.74) is 2.90. The molecule has 2 aromatic carbocycles. The predicted octanol–water partition coefficient (Wildman–Crippen LogP) is 3.82. The van der Waals surface area contributed by atoms with E-state index in [2.05, 4.69) is 0 Å². The van der Waals surface area contributed by atoms with E-state index in [4.69, 9.17) is 4.74 Å². The van der Waals surface area contributed by atoms with Crippen molar-refractivity contribution in [2.75, 3.05) is 33.3 Å². The predicted molar refractivity (Wildman–Crippen MR) is 126 cm³/mol. The fourth-order valence-electron chi connectivity index (χ4n) is 4.76. The first-order chi connectivity index (χ1) is 15.9. The Morgan fingerprint density at radius 3 is 2.61 bits per heavy atom. The van der Waals surface area contributed by atoms with E-state index in [0.29, 0.717) is 25.4 Å². The smallest absolute Gasteiger partial charge is 0.264 e. The molecule has 1 amide bonds. The standard InChI is InChI=1S/C24H25FN2O4S2/c1-31-15-19-22-20(25)6-3-7-21(22)32-23(19)24(28)26-10-12-27(13-11-26)33(29,30)18-9-8-16-4-2-5-17(16)14-18/h3,6-9,14H,2,4-5,10-13,15H2,1H3. The maximum atomic E-state index is 14.5. The summed E-state index contributed by atoms with van der Waals surface area (Å²) in [6.45, 7) is 1.15. The van der Waals surface area contributed by atoms with E-state index in [1.54, 1.807) is 29.2 Å². The van der Waals surface area contributed by atoms with Gasteiger partial charge in [0.25, 0.3) is 5.91 Å². The SMILES string of the molecule is COCc1c(C(=O)N2CCN(S(=O)(=O)c3ccc4c(c3)CCC4)CC2)sc2cccc(F)c12. The van der Waals surface area contributed by atoms with Crippen molar-refractivity contribution >= 4 is 37.4 Å². The van der Waals surface area contributed by atoms with Crippen molar-refractivity contribution in [2.24, 2.45) is 0 Å². The van der Waals surface area contributed by atoms with Gasteiger partial charge in [0.15, 0.2) is 0 Å². The number of fused-ring (bicyclic) bond motifs is 2. The third-order valence-electron chi connectivity index (χ3n) is 6.48. The van der Waals surface area contributed by atoms with Gasteiger partial charge in [-0.2, -0.15) is 4.31 Å². The summed E-state index contributed by atoms with van der Waals surface area (Å²) in [7, 11) is -2.10. The normalized spacial score (nSPS) is 17.0. The molecule has 2 aliphatic rings. The van der Waals surface area contributed by atoms with Gasteiger partial charge in [0.05, 0.1) is 16.4 Å². The number of halogens is 1. The molecule has 0 spiro atoms. The minimum atomic E-state index is -3.61. The van der Waals surface area contributed by atoms with Crippen molar-refractivity contribution in [3.8, 4) is 0 Å². The summed E-state index contributed by atoms with van der Waals surface area (Å²) in [5.74, 6) is -0.586. The van der Waals surface area contributed by atoms with Crippen molar-refractivity contribution < 1.29 is 22.3 Å². The Morgan fingerprint density at radius 2 is 1.85 bits per heavy atom. The molecule has 6 nitrogen and oxygen atoms in total. The number of hydrogen-bond acceptors (Lipinski definition) is 5. The van der Waals surface area contributed by atoms with Crippen LogP contribution < -0.4 is 0 Å². The molecular formula is C24H25FN2O4S2. The lowest BCUT2D eigenvalue weighted by Crippen LogP contribution is -2.50. The number of sulfonamides is 1. The summed E-state index contributed by atoms with van der Waals surface area (Å²) in [4.78, 5) is 15.7. The Labute approximate surface area is 196 Å². The molecular weight excluding hydrogens is 463 g/mol. The number of amides is 1. The van der Waals surface area contributed by atoms with Crippen LogP contribution in [0.4, 0.5) is 4.39 Å². The molecule has 9 heteroatoms. The molecule has 1 aliphatic heterocycles. The van der Waals surface area contributed by atoms with E-state index >= 15 is 0 Å². The Morgan fingerprint density at radius 1 is 1.09 bits per heavy atom. The number of aryl methyl sites for hydroxylation is 2. The van der Waals surface area contributed by atoms with Crippen LogP contribution in [-0.2, 0) is 34.2 Å². The Balaban J connectivity index is 1.35. The topological polar surface area (TPSA) is 66.9 Å². The Kier molecular flexibility index (Phi) is 5.98. The second-order valence-electron chi connectivity index (χ2n) is 8.44. The quantitative estimate of drug-likeness (QED) is 0.548. The molecule has 0 bridgehead atoms. The average molecular weight is 489 g/mol. The first kappa shape index (κ1) is 22.5. The number of ether oxygens (including phenoxy) is 1. The van der Waals surface area contributed by atoms with E-state index in [9.17, 15) is 17.6 Å². The van der Waals surface area contributed by atoms with E-state index in [0.717, 1.165) is 24.8 Å². The summed E-state index contributed by atoms with van der Waals surface area (Å²) in [6.07, 6.45) is 2.98. The van der Waals surface area contributed by atoms with Gasteiger partial charge in [-0.15, -0.1) is 11.3 Å². The number of carbonyl (C=O) groups is 1. The maximum absolute atomic E-state index is 14.5. The number of nitrogens with zero attached hydrogens (tertiary/aromatic N) is 2. The van der Waals surface area contributed by atoms with Crippen LogP contribution in [0, 0.1) is 5.82 Å². The van der Waals surface area contributed by atoms with Crippen LogP contribution in [0.5, 0.6) is 0 Å². The molecule has 0 N–H and O–H groups in total. The van der Waals surface area contributed by atoms with Crippen LogP contribution in [-0.4, -0.2) is 56.8 Å². The van der Waals surface area contributed by atoms with E-state index in [1.807, 2.05) is 6.07 Å². The van der Waals surface area contributed by atoms with Crippen molar-refractivity contribution in [1.82, 2.24) is 9.21 Å². The summed E-state index contributed by atoms with van der Waals surface area (Å²) < 4.78 is 48.3. The van der Waals surface area contributed by atoms with Crippen LogP contribution in [0.1, 0.15) is 32.8 Å². The highest BCUT2D eigenvalue weighted by Crippen LogP contribution is 2.35. The molecule has 0 atom stereocenters. The molecule has 0 saturated carbocycles. The number of rotatable bonds is 5. The fraction of sp³-hybridized carbons (Fsp3) is 0.375. The second kappa shape index (κ2) is 8.79. The van der Waals surface area contributed by atoms with Crippen molar-refractivity contribution in [1.29, 1.82) is 0 Å². The molecule has 2 heterocycles. The third-order valence-corrected chi connectivity index (χ3v) is 9.56. The average Bonchev–Trinajstić information content (AvgIpc) is 3.44. The van der Waals surface area contributed by atoms with Gasteiger partial charge in [0.2, 0.25) is 10.0 Å². The van der Waals surface area contributed by atoms with Crippen LogP contribution in [0.15, 0.2) is 41.3 Å². The monoisotopic (exact) mass is 488 g/mol. The van der Waals surface area contributed by atoms with Crippen LogP contribution in [0.2, 0.25) is 0 Å². The lowest BCUT2D eigenvalue weighted by atomic mass is 10.1. The van der Waals surface area contributed by atoms with Gasteiger partial charge < -0.3 is 9.64 Å². The van der Waals surface area contributed by atoms with Gasteiger partial charge in [0.1, 0.15) is 5.82 Å². The zero-order valence-electron chi connectivity index (χ0n) is 18.3. The number of hydrogen-bond donors (Lipinski definition) is 0. The van der Waals surface area contributed by atoms with Crippen molar-refractivity contribution in [3.05, 3.63) is 63.8 Å². The van der Waals surface area contributed by atoms with E-state index in [1.165, 1.54) is 34.4 Å². The largest absolute Gasteiger partial charge is 0.380 e. The summed E-state index contributed by atoms with van der Waals surface area (Å²) >= 11 is 1.25. The van der Waals surface area contributed by atoms with Gasteiger partial charge in [-0.1, -0.05) is 12.1 Å². The lowest BCUT2D eigenvalue weighted by molar-refractivity contribution is 0.0699. The molecule has 1 aliphatic carbocycles. The highest BCUT2D eigenvalue weighted by Gasteiger charge is 2.32. The number of methoxy groups -OCH3 is 1. The van der Waals surface area contributed by atoms with Gasteiger partial charge in [-0.3, -0.25) is 4.79 Å². The van der Waals surface area contributed by atoms with Gasteiger partial charge in [-0.05, 0) is 54.7 Å². The third kappa shape index (κ3) is 3.97. The van der Waals surface area contributed by atoms with Crippen molar-refractivity contribution in [2.45, 2.75) is 30.8 Å². The molecule has 174 valence electrons. The lowest BCUT2D eigenvalue weighted by Gasteiger charge is -2.34. The molecule has 0 radical (unpaired) electrons. The number of piperazine rings is 1. The van der Waals surface area contributed by atoms with Crippen LogP contribution >= 0.6 is 11.3 Å². The minimum absolute atomic E-state index is 0.134. The first-order valence-electron chi connectivity index (χ1n) is 11.0. The number of carbonyl (C=O) groups excluding carboxylic acids is 1. The Bertz CT molecular complexity index is 1330. The van der Waals surface area contributed by atoms with Gasteiger partial charge in [-0.25, -0.2) is 12.8 Å². The van der Waals surface area contributed by atoms with Crippen LogP contribution in [0.3, 0.4) is 0 Å². The second-order valence-corrected chi connectivity index (χ2v) is 11.4. The highest BCUT2D eigenvalue weighted by molar-refractivity contribution is 7.89. The molecule has 33 heavy (non-hydrogen) atoms. The summed E-state index contributed by atoms with van der Waals surface area (Å²) in [5, 5.41) is 0.422. The van der Waals surface area contributed by atoms with E-state index in [-0.39, 0.29) is 44.5 Å². The molecule has 0 unspecified atom stereocenters. The number of benzene rings is 2. The highest BCUT2D eigenvalue weighted by atomic mass is 32.2. The molecule has 5 rings (SSSR count). The molecule has 3 aromatic rings. The zero-order valence-corrected chi connectivity index (χ0v) is 20.0. The van der Waals surface area contributed by atoms with Crippen LogP contribution in [0.25, 0.3) is 10.1 Å². The molecule has 1 fully saturated rings. The van der Waals surface area contributed by atoms with Gasteiger partial charge >= 0.3 is 0 Å². The number of thiophene rings is 1.